The van der Waals surface area contributed by atoms with E-state index < -0.39 is 23.1 Å². The first-order valence-electron chi connectivity index (χ1n) is 16.1. The van der Waals surface area contributed by atoms with Crippen LogP contribution < -0.4 is 5.32 Å². The van der Waals surface area contributed by atoms with Crippen LogP contribution in [0.2, 0.25) is 0 Å². The minimum absolute atomic E-state index is 0.0254. The lowest BCUT2D eigenvalue weighted by Crippen LogP contribution is -2.17. The summed E-state index contributed by atoms with van der Waals surface area (Å²) in [6, 6.07) is 14.6. The van der Waals surface area contributed by atoms with Crippen LogP contribution in [0.25, 0.3) is 22.3 Å². The van der Waals surface area contributed by atoms with Crippen molar-refractivity contribution in [3.8, 4) is 22.3 Å². The van der Waals surface area contributed by atoms with E-state index in [0.29, 0.717) is 16.8 Å². The van der Waals surface area contributed by atoms with Gasteiger partial charge in [0.2, 0.25) is 0 Å². The summed E-state index contributed by atoms with van der Waals surface area (Å²) >= 11 is 0. The van der Waals surface area contributed by atoms with Crippen LogP contribution >= 0.6 is 0 Å². The SMILES string of the molecule is [2H]c1c([2H])c([2H])c(-c2cc(C(C)(C)C)cc(-c3cc(C(C)(C)C)cc(C(C)(C)C)c3)c2Nc2ccccc2[N+](=O)[O-])c([2H])c1[2H]. The molecule has 0 bridgehead atoms. The van der Waals surface area contributed by atoms with Crippen molar-refractivity contribution >= 4 is 17.1 Å². The Hall–Kier alpha value is -3.92. The van der Waals surface area contributed by atoms with Gasteiger partial charge in [-0.15, -0.1) is 0 Å². The Morgan fingerprint density at radius 2 is 1.15 bits per heavy atom. The minimum Gasteiger partial charge on any atom is -0.349 e. The molecule has 0 saturated heterocycles. The molecule has 4 heteroatoms. The zero-order valence-corrected chi connectivity index (χ0v) is 25.0. The van der Waals surface area contributed by atoms with Crippen molar-refractivity contribution in [3.05, 3.63) is 112 Å². The van der Waals surface area contributed by atoms with Gasteiger partial charge in [0.25, 0.3) is 5.69 Å². The maximum Gasteiger partial charge on any atom is 0.292 e. The minimum atomic E-state index is -0.484. The Labute approximate surface area is 246 Å². The van der Waals surface area contributed by atoms with Gasteiger partial charge >= 0.3 is 0 Å². The Balaban J connectivity index is 2.27. The summed E-state index contributed by atoms with van der Waals surface area (Å²) < 4.78 is 42.8. The molecule has 0 aliphatic heterocycles. The van der Waals surface area contributed by atoms with Gasteiger partial charge in [-0.05, 0) is 62.3 Å². The molecule has 0 radical (unpaired) electrons. The molecule has 0 amide bonds. The van der Waals surface area contributed by atoms with Crippen LogP contribution in [0.4, 0.5) is 17.1 Å². The summed E-state index contributed by atoms with van der Waals surface area (Å²) in [5.74, 6) is 0. The van der Waals surface area contributed by atoms with Gasteiger partial charge in [0.1, 0.15) is 5.69 Å². The zero-order chi connectivity index (χ0) is 33.8. The van der Waals surface area contributed by atoms with Crippen LogP contribution in [0.5, 0.6) is 0 Å². The molecule has 4 rings (SSSR count). The van der Waals surface area contributed by atoms with Gasteiger partial charge in [0.05, 0.1) is 17.5 Å². The Morgan fingerprint density at radius 1 is 0.675 bits per heavy atom. The first-order valence-corrected chi connectivity index (χ1v) is 13.6. The topological polar surface area (TPSA) is 55.2 Å². The second-order valence-corrected chi connectivity index (χ2v) is 13.4. The normalized spacial score (nSPS) is 14.1. The van der Waals surface area contributed by atoms with Crippen molar-refractivity contribution in [2.24, 2.45) is 0 Å². The second kappa shape index (κ2) is 10.6. The fourth-order valence-corrected chi connectivity index (χ4v) is 4.54. The third-order valence-corrected chi connectivity index (χ3v) is 7.11. The van der Waals surface area contributed by atoms with Gasteiger partial charge < -0.3 is 5.32 Å². The van der Waals surface area contributed by atoms with Gasteiger partial charge in [-0.3, -0.25) is 10.1 Å². The van der Waals surface area contributed by atoms with E-state index in [1.807, 2.05) is 12.1 Å². The molecule has 0 unspecified atom stereocenters. The monoisotopic (exact) mass is 539 g/mol. The van der Waals surface area contributed by atoms with Crippen LogP contribution in [-0.4, -0.2) is 4.92 Å². The molecule has 1 N–H and O–H groups in total. The van der Waals surface area contributed by atoms with E-state index >= 15 is 0 Å². The molecule has 0 atom stereocenters. The van der Waals surface area contributed by atoms with E-state index in [-0.39, 0.29) is 45.3 Å². The Morgan fingerprint density at radius 3 is 1.65 bits per heavy atom. The molecule has 0 saturated carbocycles. The molecule has 208 valence electrons. The predicted molar refractivity (Wildman–Crippen MR) is 170 cm³/mol. The number of nitro groups is 1. The number of nitro benzene ring substituents is 1. The molecule has 4 nitrogen and oxygen atoms in total. The highest BCUT2D eigenvalue weighted by Crippen LogP contribution is 2.45. The highest BCUT2D eigenvalue weighted by atomic mass is 16.6. The quantitative estimate of drug-likeness (QED) is 0.203. The van der Waals surface area contributed by atoms with E-state index in [1.165, 1.54) is 6.07 Å². The molecule has 0 aliphatic rings. The van der Waals surface area contributed by atoms with Crippen molar-refractivity contribution in [1.29, 1.82) is 0 Å². The van der Waals surface area contributed by atoms with Crippen molar-refractivity contribution in [2.45, 2.75) is 78.6 Å². The summed E-state index contributed by atoms with van der Waals surface area (Å²) in [5.41, 5.74) is 4.77. The molecule has 0 heterocycles. The molecule has 0 aliphatic carbocycles. The fourth-order valence-electron chi connectivity index (χ4n) is 4.54. The van der Waals surface area contributed by atoms with Crippen LogP contribution in [0.3, 0.4) is 0 Å². The van der Waals surface area contributed by atoms with E-state index in [0.717, 1.165) is 22.3 Å². The summed E-state index contributed by atoms with van der Waals surface area (Å²) in [6.07, 6.45) is 0. The Kier molecular flexibility index (Phi) is 6.04. The molecule has 0 fully saturated rings. The van der Waals surface area contributed by atoms with Gasteiger partial charge in [-0.2, -0.15) is 0 Å². The number of hydrogen-bond acceptors (Lipinski definition) is 3. The van der Waals surface area contributed by atoms with Crippen LogP contribution in [-0.2, 0) is 16.2 Å². The Bertz CT molecular complexity index is 1750. The first kappa shape index (κ1) is 22.9. The van der Waals surface area contributed by atoms with Crippen molar-refractivity contribution < 1.29 is 11.8 Å². The van der Waals surface area contributed by atoms with Gasteiger partial charge in [-0.1, -0.05) is 123 Å². The lowest BCUT2D eigenvalue weighted by Gasteiger charge is -2.28. The van der Waals surface area contributed by atoms with Crippen LogP contribution in [0.1, 0.15) is 85.9 Å². The summed E-state index contributed by atoms with van der Waals surface area (Å²) in [5, 5.41) is 15.4. The summed E-state index contributed by atoms with van der Waals surface area (Å²) in [4.78, 5) is 11.6. The average molecular weight is 540 g/mol. The van der Waals surface area contributed by atoms with Crippen molar-refractivity contribution in [2.75, 3.05) is 5.32 Å². The largest absolute Gasteiger partial charge is 0.349 e. The highest BCUT2D eigenvalue weighted by Gasteiger charge is 2.26. The maximum atomic E-state index is 12.1. The first-order chi connectivity index (χ1) is 20.6. The van der Waals surface area contributed by atoms with Gasteiger partial charge in [0, 0.05) is 17.2 Å². The smallest absolute Gasteiger partial charge is 0.292 e. The fraction of sp³-hybridized carbons (Fsp3) is 0.333. The van der Waals surface area contributed by atoms with E-state index in [4.69, 9.17) is 6.85 Å². The highest BCUT2D eigenvalue weighted by molar-refractivity contribution is 5.95. The molecular weight excluding hydrogens is 492 g/mol. The molecular formula is C36H42N2O2. The van der Waals surface area contributed by atoms with E-state index in [9.17, 15) is 10.1 Å². The van der Waals surface area contributed by atoms with E-state index in [1.54, 1.807) is 18.2 Å². The lowest BCUT2D eigenvalue weighted by atomic mass is 9.77. The zero-order valence-electron chi connectivity index (χ0n) is 30.0. The number of anilines is 2. The molecule has 0 spiro atoms. The standard InChI is InChI=1S/C36H42N2O2/c1-34(2,3)26-19-25(20-27(21-26)35(4,5)6)30-23-28(36(7,8)9)22-29(24-15-11-10-12-16-24)33(30)37-31-17-13-14-18-32(31)38(39)40/h10-23,37H,1-9H3/i10D,11D,12D,15D,16D. The number of nitrogens with one attached hydrogen (secondary N) is 1. The number of para-hydroxylation sites is 2. The molecule has 0 aromatic heterocycles. The maximum absolute atomic E-state index is 12.1. The third-order valence-electron chi connectivity index (χ3n) is 7.11. The molecule has 4 aromatic rings. The number of hydrogen-bond donors (Lipinski definition) is 1. The number of rotatable bonds is 5. The lowest BCUT2D eigenvalue weighted by molar-refractivity contribution is -0.383. The summed E-state index contributed by atoms with van der Waals surface area (Å²) in [6.45, 7) is 19.0. The molecule has 4 aromatic carbocycles. The molecule has 40 heavy (non-hydrogen) atoms. The van der Waals surface area contributed by atoms with Crippen molar-refractivity contribution in [1.82, 2.24) is 0 Å². The summed E-state index contributed by atoms with van der Waals surface area (Å²) in [7, 11) is 0. The van der Waals surface area contributed by atoms with Gasteiger partial charge in [0.15, 0.2) is 0 Å². The number of nitrogens with zero attached hydrogens (tertiary/aromatic N) is 1. The number of benzene rings is 4. The second-order valence-electron chi connectivity index (χ2n) is 13.4. The predicted octanol–water partition coefficient (Wildman–Crippen LogP) is 10.6. The third kappa shape index (κ3) is 6.28. The van der Waals surface area contributed by atoms with Crippen LogP contribution in [0, 0.1) is 10.1 Å². The van der Waals surface area contributed by atoms with Crippen molar-refractivity contribution in [3.63, 3.8) is 0 Å². The van der Waals surface area contributed by atoms with E-state index in [2.05, 4.69) is 85.8 Å². The van der Waals surface area contributed by atoms with Gasteiger partial charge in [-0.25, -0.2) is 0 Å². The van der Waals surface area contributed by atoms with Crippen LogP contribution in [0.15, 0.2) is 84.8 Å². The average Bonchev–Trinajstić information content (AvgIpc) is 2.94.